The van der Waals surface area contributed by atoms with Crippen LogP contribution in [0, 0.1) is 0 Å². The summed E-state index contributed by atoms with van der Waals surface area (Å²) in [5.74, 6) is 1.22. The van der Waals surface area contributed by atoms with Crippen LogP contribution < -0.4 is 14.8 Å². The summed E-state index contributed by atoms with van der Waals surface area (Å²) in [5.41, 5.74) is 1.51. The maximum atomic E-state index is 12.1. The molecule has 0 spiro atoms. The maximum Gasteiger partial charge on any atom is 0.419 e. The van der Waals surface area contributed by atoms with Crippen LogP contribution in [0.4, 0.5) is 10.5 Å². The molecule has 0 atom stereocenters. The highest BCUT2D eigenvalue weighted by Gasteiger charge is 2.24. The SMILES string of the molecule is O=C(Nc1ccc2c(c1)Oc1ccc(C3OCCO3)cc1O2)OC(=O)c1ccccc1. The second kappa shape index (κ2) is 8.10. The van der Waals surface area contributed by atoms with Gasteiger partial charge in [0.15, 0.2) is 29.3 Å². The first-order chi connectivity index (χ1) is 15.2. The second-order valence-corrected chi connectivity index (χ2v) is 6.81. The second-order valence-electron chi connectivity index (χ2n) is 6.81. The molecule has 156 valence electrons. The van der Waals surface area contributed by atoms with Crippen LogP contribution in [-0.2, 0) is 14.2 Å². The van der Waals surface area contributed by atoms with E-state index in [4.69, 9.17) is 23.7 Å². The van der Waals surface area contributed by atoms with E-state index in [1.807, 2.05) is 12.1 Å². The lowest BCUT2D eigenvalue weighted by Crippen LogP contribution is -2.18. The number of carbonyl (C=O) groups excluding carboxylic acids is 2. The van der Waals surface area contributed by atoms with Crippen molar-refractivity contribution in [1.29, 1.82) is 0 Å². The highest BCUT2D eigenvalue weighted by Crippen LogP contribution is 2.47. The third kappa shape index (κ3) is 4.07. The first-order valence-electron chi connectivity index (χ1n) is 9.61. The topological polar surface area (TPSA) is 92.3 Å². The number of benzene rings is 3. The Morgan fingerprint density at radius 2 is 1.48 bits per heavy atom. The number of amides is 1. The summed E-state index contributed by atoms with van der Waals surface area (Å²) < 4.78 is 27.7. The summed E-state index contributed by atoms with van der Waals surface area (Å²) >= 11 is 0. The third-order valence-electron chi connectivity index (χ3n) is 4.69. The van der Waals surface area contributed by atoms with E-state index in [1.54, 1.807) is 54.6 Å². The van der Waals surface area contributed by atoms with Gasteiger partial charge in [0, 0.05) is 17.3 Å². The van der Waals surface area contributed by atoms with Crippen LogP contribution in [0.3, 0.4) is 0 Å². The molecule has 5 rings (SSSR count). The summed E-state index contributed by atoms with van der Waals surface area (Å²) in [4.78, 5) is 24.1. The molecule has 1 amide bonds. The molecule has 1 saturated heterocycles. The summed E-state index contributed by atoms with van der Waals surface area (Å²) in [7, 11) is 0. The minimum Gasteiger partial charge on any atom is -0.449 e. The van der Waals surface area contributed by atoms with Crippen LogP contribution in [0.5, 0.6) is 23.0 Å². The molecule has 8 nitrogen and oxygen atoms in total. The molecule has 1 N–H and O–H groups in total. The van der Waals surface area contributed by atoms with E-state index in [9.17, 15) is 9.59 Å². The molecular formula is C23H17NO7. The zero-order valence-corrected chi connectivity index (χ0v) is 16.2. The van der Waals surface area contributed by atoms with Gasteiger partial charge in [0.2, 0.25) is 0 Å². The van der Waals surface area contributed by atoms with Crippen molar-refractivity contribution in [1.82, 2.24) is 0 Å². The van der Waals surface area contributed by atoms with E-state index in [2.05, 4.69) is 5.32 Å². The molecular weight excluding hydrogens is 402 g/mol. The van der Waals surface area contributed by atoms with Crippen molar-refractivity contribution in [2.24, 2.45) is 0 Å². The van der Waals surface area contributed by atoms with Crippen LogP contribution >= 0.6 is 0 Å². The van der Waals surface area contributed by atoms with Crippen LogP contribution in [0.25, 0.3) is 0 Å². The van der Waals surface area contributed by atoms with Crippen LogP contribution in [-0.4, -0.2) is 25.3 Å². The van der Waals surface area contributed by atoms with Gasteiger partial charge in [-0.15, -0.1) is 0 Å². The Hall–Kier alpha value is -3.88. The standard InChI is InChI=1S/C23H17NO7/c25-21(14-4-2-1-3-5-14)31-23(26)24-16-7-9-18-20(13-16)30-17-8-6-15(12-19(17)29-18)22-27-10-11-28-22/h1-9,12-13,22H,10-11H2,(H,24,26). The first-order valence-corrected chi connectivity index (χ1v) is 9.61. The number of carbonyl (C=O) groups is 2. The highest BCUT2D eigenvalue weighted by molar-refractivity contribution is 6.00. The zero-order valence-electron chi connectivity index (χ0n) is 16.2. The minimum absolute atomic E-state index is 0.282. The number of esters is 1. The molecule has 8 heteroatoms. The van der Waals surface area contributed by atoms with E-state index in [0.29, 0.717) is 41.9 Å². The Morgan fingerprint density at radius 1 is 0.806 bits per heavy atom. The monoisotopic (exact) mass is 419 g/mol. The number of nitrogens with one attached hydrogen (secondary N) is 1. The van der Waals surface area contributed by atoms with Gasteiger partial charge in [0.1, 0.15) is 0 Å². The largest absolute Gasteiger partial charge is 0.449 e. The van der Waals surface area contributed by atoms with Crippen molar-refractivity contribution in [2.45, 2.75) is 6.29 Å². The van der Waals surface area contributed by atoms with Gasteiger partial charge in [-0.2, -0.15) is 0 Å². The Bertz CT molecular complexity index is 1140. The van der Waals surface area contributed by atoms with Crippen molar-refractivity contribution >= 4 is 17.7 Å². The van der Waals surface area contributed by atoms with Crippen LogP contribution in [0.15, 0.2) is 66.7 Å². The molecule has 0 saturated carbocycles. The highest BCUT2D eigenvalue weighted by atomic mass is 16.7. The van der Waals surface area contributed by atoms with Crippen molar-refractivity contribution in [3.05, 3.63) is 77.9 Å². The number of anilines is 1. The normalized spacial score (nSPS) is 14.6. The molecule has 0 unspecified atom stereocenters. The van der Waals surface area contributed by atoms with Crippen LogP contribution in [0.2, 0.25) is 0 Å². The number of fused-ring (bicyclic) bond motifs is 2. The molecule has 0 bridgehead atoms. The Kier molecular flexibility index (Phi) is 4.99. The van der Waals surface area contributed by atoms with Gasteiger partial charge in [-0.25, -0.2) is 9.59 Å². The molecule has 0 aromatic heterocycles. The molecule has 3 aromatic rings. The molecule has 0 aliphatic carbocycles. The molecule has 0 radical (unpaired) electrons. The molecule has 2 heterocycles. The summed E-state index contributed by atoms with van der Waals surface area (Å²) in [6, 6.07) is 18.5. The Morgan fingerprint density at radius 3 is 2.23 bits per heavy atom. The van der Waals surface area contributed by atoms with E-state index in [0.717, 1.165) is 5.56 Å². The lowest BCUT2D eigenvalue weighted by molar-refractivity contribution is -0.0442. The van der Waals surface area contributed by atoms with Gasteiger partial charge in [-0.05, 0) is 42.5 Å². The summed E-state index contributed by atoms with van der Waals surface area (Å²) in [5, 5.41) is 2.51. The Balaban J connectivity index is 1.27. The molecule has 2 aliphatic heterocycles. The average molecular weight is 419 g/mol. The van der Waals surface area contributed by atoms with Gasteiger partial charge in [-0.3, -0.25) is 5.32 Å². The lowest BCUT2D eigenvalue weighted by Gasteiger charge is -2.22. The van der Waals surface area contributed by atoms with Gasteiger partial charge >= 0.3 is 12.1 Å². The summed E-state index contributed by atoms with van der Waals surface area (Å²) in [6.07, 6.45) is -1.31. The first kappa shape index (κ1) is 19.1. The fourth-order valence-corrected chi connectivity index (χ4v) is 3.23. The summed E-state index contributed by atoms with van der Waals surface area (Å²) in [6.45, 7) is 1.11. The van der Waals surface area contributed by atoms with Gasteiger partial charge < -0.3 is 23.7 Å². The number of hydrogen-bond donors (Lipinski definition) is 1. The predicted octanol–water partition coefficient (Wildman–Crippen LogP) is 5.02. The van der Waals surface area contributed by atoms with Gasteiger partial charge in [-0.1, -0.05) is 18.2 Å². The van der Waals surface area contributed by atoms with Crippen molar-refractivity contribution in [2.75, 3.05) is 18.5 Å². The van der Waals surface area contributed by atoms with Crippen molar-refractivity contribution < 1.29 is 33.3 Å². The predicted molar refractivity (Wildman–Crippen MR) is 109 cm³/mol. The van der Waals surface area contributed by atoms with E-state index in [-0.39, 0.29) is 5.56 Å². The lowest BCUT2D eigenvalue weighted by atomic mass is 10.1. The number of ether oxygens (including phenoxy) is 5. The maximum absolute atomic E-state index is 12.1. The van der Waals surface area contributed by atoms with E-state index < -0.39 is 18.4 Å². The van der Waals surface area contributed by atoms with Crippen molar-refractivity contribution in [3.63, 3.8) is 0 Å². The number of hydrogen-bond acceptors (Lipinski definition) is 7. The fraction of sp³-hybridized carbons (Fsp3) is 0.130. The quantitative estimate of drug-likeness (QED) is 0.368. The molecule has 2 aliphatic rings. The van der Waals surface area contributed by atoms with E-state index >= 15 is 0 Å². The fourth-order valence-electron chi connectivity index (χ4n) is 3.23. The van der Waals surface area contributed by atoms with Crippen LogP contribution in [0.1, 0.15) is 22.2 Å². The third-order valence-corrected chi connectivity index (χ3v) is 4.69. The Labute approximate surface area is 177 Å². The number of rotatable bonds is 3. The van der Waals surface area contributed by atoms with Crippen molar-refractivity contribution in [3.8, 4) is 23.0 Å². The van der Waals surface area contributed by atoms with Gasteiger partial charge in [0.25, 0.3) is 0 Å². The molecule has 1 fully saturated rings. The van der Waals surface area contributed by atoms with E-state index in [1.165, 1.54) is 0 Å². The zero-order chi connectivity index (χ0) is 21.2. The van der Waals surface area contributed by atoms with Gasteiger partial charge in [0.05, 0.1) is 18.8 Å². The average Bonchev–Trinajstić information content (AvgIpc) is 3.33. The molecule has 31 heavy (non-hydrogen) atoms. The minimum atomic E-state index is -0.896. The smallest absolute Gasteiger partial charge is 0.419 e. The molecule has 3 aromatic carbocycles.